The normalized spacial score (nSPS) is 14.7. The van der Waals surface area contributed by atoms with E-state index in [0.29, 0.717) is 18.5 Å². The summed E-state index contributed by atoms with van der Waals surface area (Å²) >= 11 is 0. The van der Waals surface area contributed by atoms with Gasteiger partial charge >= 0.3 is 0 Å². The number of hydrogen-bond acceptors (Lipinski definition) is 3. The summed E-state index contributed by atoms with van der Waals surface area (Å²) in [5, 5.41) is 0. The predicted molar refractivity (Wildman–Crippen MR) is 86.6 cm³/mol. The molecule has 1 fully saturated rings. The van der Waals surface area contributed by atoms with Crippen LogP contribution in [-0.2, 0) is 15.0 Å². The summed E-state index contributed by atoms with van der Waals surface area (Å²) < 4.78 is 0. The second-order valence-corrected chi connectivity index (χ2v) is 6.75. The van der Waals surface area contributed by atoms with E-state index in [-0.39, 0.29) is 23.8 Å². The molecular formula is C17H23N3O3. The maximum Gasteiger partial charge on any atom is 0.269 e. The summed E-state index contributed by atoms with van der Waals surface area (Å²) in [6.07, 6.45) is 1.26. The number of nitrogens with one attached hydrogen (secondary N) is 2. The molecule has 0 unspecified atom stereocenters. The lowest BCUT2D eigenvalue weighted by Gasteiger charge is -2.19. The molecule has 1 aromatic rings. The van der Waals surface area contributed by atoms with Crippen LogP contribution in [0, 0.1) is 0 Å². The topological polar surface area (TPSA) is 78.5 Å². The highest BCUT2D eigenvalue weighted by Gasteiger charge is 2.22. The average Bonchev–Trinajstić information content (AvgIpc) is 2.89. The molecule has 3 amide bonds. The van der Waals surface area contributed by atoms with Crippen LogP contribution in [0.2, 0.25) is 0 Å². The average molecular weight is 317 g/mol. The number of carbonyl (C=O) groups is 3. The third-order valence-corrected chi connectivity index (χ3v) is 3.83. The van der Waals surface area contributed by atoms with Gasteiger partial charge in [0.1, 0.15) is 6.54 Å². The van der Waals surface area contributed by atoms with Crippen LogP contribution in [0.3, 0.4) is 0 Å². The summed E-state index contributed by atoms with van der Waals surface area (Å²) in [5.41, 5.74) is 6.33. The van der Waals surface area contributed by atoms with Crippen LogP contribution in [0.1, 0.15) is 49.5 Å². The first-order valence-electron chi connectivity index (χ1n) is 7.75. The van der Waals surface area contributed by atoms with Gasteiger partial charge in [-0.25, -0.2) is 0 Å². The lowest BCUT2D eigenvalue weighted by molar-refractivity contribution is -0.133. The monoisotopic (exact) mass is 317 g/mol. The number of hydrazine groups is 1. The second kappa shape index (κ2) is 6.81. The van der Waals surface area contributed by atoms with E-state index in [4.69, 9.17) is 0 Å². The minimum Gasteiger partial charge on any atom is -0.333 e. The van der Waals surface area contributed by atoms with Crippen molar-refractivity contribution in [2.75, 3.05) is 13.1 Å². The number of likely N-dealkylation sites (tertiary alicyclic amines) is 1. The molecule has 124 valence electrons. The molecule has 23 heavy (non-hydrogen) atoms. The number of nitrogens with zero attached hydrogens (tertiary/aromatic N) is 1. The first-order chi connectivity index (χ1) is 10.8. The van der Waals surface area contributed by atoms with Crippen LogP contribution >= 0.6 is 0 Å². The summed E-state index contributed by atoms with van der Waals surface area (Å²) in [4.78, 5) is 36.7. The molecular weight excluding hydrogens is 294 g/mol. The third kappa shape index (κ3) is 4.55. The van der Waals surface area contributed by atoms with Crippen LogP contribution in [0.5, 0.6) is 0 Å². The van der Waals surface area contributed by atoms with Crippen molar-refractivity contribution in [3.63, 3.8) is 0 Å². The van der Waals surface area contributed by atoms with E-state index in [1.807, 2.05) is 12.1 Å². The van der Waals surface area contributed by atoms with Gasteiger partial charge in [-0.05, 0) is 29.5 Å². The summed E-state index contributed by atoms with van der Waals surface area (Å²) in [7, 11) is 0. The van der Waals surface area contributed by atoms with Gasteiger partial charge in [-0.1, -0.05) is 32.9 Å². The minimum absolute atomic E-state index is 0.0193. The lowest BCUT2D eigenvalue weighted by Crippen LogP contribution is -2.46. The number of benzene rings is 1. The van der Waals surface area contributed by atoms with Gasteiger partial charge in [0, 0.05) is 18.5 Å². The van der Waals surface area contributed by atoms with E-state index in [0.717, 1.165) is 12.0 Å². The van der Waals surface area contributed by atoms with Crippen LogP contribution < -0.4 is 10.9 Å². The van der Waals surface area contributed by atoms with Gasteiger partial charge in [-0.15, -0.1) is 0 Å². The smallest absolute Gasteiger partial charge is 0.269 e. The maximum absolute atomic E-state index is 12.0. The van der Waals surface area contributed by atoms with E-state index in [9.17, 15) is 14.4 Å². The fraction of sp³-hybridized carbons (Fsp3) is 0.471. The largest absolute Gasteiger partial charge is 0.333 e. The van der Waals surface area contributed by atoms with Crippen molar-refractivity contribution in [1.29, 1.82) is 0 Å². The standard InChI is InChI=1S/C17H23N3O3/c1-17(2,3)13-8-6-12(7-9-13)16(23)19-18-14(21)11-20-10-4-5-15(20)22/h6-9H,4-5,10-11H2,1-3H3,(H,18,21)(H,19,23). The van der Waals surface area contributed by atoms with E-state index in [1.54, 1.807) is 12.1 Å². The Labute approximate surface area is 136 Å². The second-order valence-electron chi connectivity index (χ2n) is 6.75. The van der Waals surface area contributed by atoms with Gasteiger partial charge in [-0.3, -0.25) is 25.2 Å². The Morgan fingerprint density at radius 1 is 1.13 bits per heavy atom. The van der Waals surface area contributed by atoms with Crippen molar-refractivity contribution >= 4 is 17.7 Å². The lowest BCUT2D eigenvalue weighted by atomic mass is 9.87. The molecule has 0 radical (unpaired) electrons. The van der Waals surface area contributed by atoms with Crippen molar-refractivity contribution in [1.82, 2.24) is 15.8 Å². The molecule has 1 aromatic carbocycles. The molecule has 0 spiro atoms. The highest BCUT2D eigenvalue weighted by Crippen LogP contribution is 2.22. The first-order valence-corrected chi connectivity index (χ1v) is 7.75. The molecule has 0 atom stereocenters. The summed E-state index contributed by atoms with van der Waals surface area (Å²) in [6.45, 7) is 6.86. The molecule has 1 aliphatic rings. The molecule has 0 aromatic heterocycles. The van der Waals surface area contributed by atoms with E-state index < -0.39 is 5.91 Å². The van der Waals surface area contributed by atoms with Crippen LogP contribution in [0.15, 0.2) is 24.3 Å². The molecule has 6 heteroatoms. The van der Waals surface area contributed by atoms with Gasteiger partial charge in [0.25, 0.3) is 11.8 Å². The Morgan fingerprint density at radius 2 is 1.78 bits per heavy atom. The van der Waals surface area contributed by atoms with E-state index >= 15 is 0 Å². The van der Waals surface area contributed by atoms with Crippen LogP contribution in [-0.4, -0.2) is 35.7 Å². The highest BCUT2D eigenvalue weighted by atomic mass is 16.2. The summed E-state index contributed by atoms with van der Waals surface area (Å²) in [5.74, 6) is -0.810. The first kappa shape index (κ1) is 17.0. The van der Waals surface area contributed by atoms with Crippen molar-refractivity contribution in [2.24, 2.45) is 0 Å². The van der Waals surface area contributed by atoms with E-state index in [1.165, 1.54) is 4.90 Å². The molecule has 0 aliphatic carbocycles. The predicted octanol–water partition coefficient (Wildman–Crippen LogP) is 1.37. The Morgan fingerprint density at radius 3 is 2.30 bits per heavy atom. The quantitative estimate of drug-likeness (QED) is 0.827. The molecule has 2 N–H and O–H groups in total. The molecule has 2 rings (SSSR count). The molecule has 1 heterocycles. The third-order valence-electron chi connectivity index (χ3n) is 3.83. The summed E-state index contributed by atoms with van der Waals surface area (Å²) in [6, 6.07) is 7.26. The van der Waals surface area contributed by atoms with Gasteiger partial charge in [-0.2, -0.15) is 0 Å². The van der Waals surface area contributed by atoms with Gasteiger partial charge in [0.15, 0.2) is 0 Å². The number of amides is 3. The molecule has 0 bridgehead atoms. The zero-order valence-corrected chi connectivity index (χ0v) is 13.8. The van der Waals surface area contributed by atoms with Gasteiger partial charge in [0.2, 0.25) is 5.91 Å². The number of hydrogen-bond donors (Lipinski definition) is 2. The Bertz CT molecular complexity index is 603. The van der Waals surface area contributed by atoms with Crippen LogP contribution in [0.4, 0.5) is 0 Å². The van der Waals surface area contributed by atoms with Gasteiger partial charge < -0.3 is 4.90 Å². The molecule has 1 saturated heterocycles. The minimum atomic E-state index is -0.403. The van der Waals surface area contributed by atoms with Crippen molar-refractivity contribution in [3.8, 4) is 0 Å². The molecule has 6 nitrogen and oxygen atoms in total. The maximum atomic E-state index is 12.0. The SMILES string of the molecule is CC(C)(C)c1ccc(C(=O)NNC(=O)CN2CCCC2=O)cc1. The Hall–Kier alpha value is -2.37. The molecule has 1 aliphatic heterocycles. The number of carbonyl (C=O) groups excluding carboxylic acids is 3. The van der Waals surface area contributed by atoms with Gasteiger partial charge in [0.05, 0.1) is 0 Å². The van der Waals surface area contributed by atoms with E-state index in [2.05, 4.69) is 31.6 Å². The molecule has 0 saturated carbocycles. The fourth-order valence-electron chi connectivity index (χ4n) is 2.40. The van der Waals surface area contributed by atoms with Crippen LogP contribution in [0.25, 0.3) is 0 Å². The Balaban J connectivity index is 1.84. The van der Waals surface area contributed by atoms with Crippen molar-refractivity contribution in [3.05, 3.63) is 35.4 Å². The van der Waals surface area contributed by atoms with Crippen molar-refractivity contribution < 1.29 is 14.4 Å². The highest BCUT2D eigenvalue weighted by molar-refractivity contribution is 5.95. The van der Waals surface area contributed by atoms with Crippen molar-refractivity contribution in [2.45, 2.75) is 39.0 Å². The zero-order chi connectivity index (χ0) is 17.0. The Kier molecular flexibility index (Phi) is 5.03. The number of rotatable bonds is 3. The fourth-order valence-corrected chi connectivity index (χ4v) is 2.40. The zero-order valence-electron chi connectivity index (χ0n) is 13.8.